The van der Waals surface area contributed by atoms with Crippen LogP contribution in [0.3, 0.4) is 0 Å². The molecule has 0 aromatic carbocycles. The number of ether oxygens (including phenoxy) is 1. The van der Waals surface area contributed by atoms with Gasteiger partial charge >= 0.3 is 41.5 Å². The fraction of sp³-hybridized carbons (Fsp3) is 0.400. The first kappa shape index (κ1) is 20.6. The van der Waals surface area contributed by atoms with Crippen LogP contribution in [0.1, 0.15) is 12.8 Å². The van der Waals surface area contributed by atoms with E-state index in [1.165, 1.54) is 6.08 Å². The number of aliphatic carboxylic acids is 1. The molecular weight excluding hydrogens is 287 g/mol. The molecule has 0 spiro atoms. The first-order valence-corrected chi connectivity index (χ1v) is 6.54. The molecule has 0 amide bonds. The number of carboxylic acid groups (broad SMARTS) is 1. The Morgan fingerprint density at radius 2 is 1.89 bits per heavy atom. The van der Waals surface area contributed by atoms with E-state index in [9.17, 15) is 18.0 Å². The van der Waals surface area contributed by atoms with Gasteiger partial charge in [0.1, 0.15) is 6.61 Å². The summed E-state index contributed by atoms with van der Waals surface area (Å²) in [5.41, 5.74) is -0.173. The Kier molecular flexibility index (Phi) is 11.0. The van der Waals surface area contributed by atoms with Gasteiger partial charge in [-0.05, 0) is 12.8 Å². The molecule has 0 atom stereocenters. The number of carboxylic acids is 1. The van der Waals surface area contributed by atoms with E-state index in [1.807, 2.05) is 0 Å². The maximum absolute atomic E-state index is 11.4. The summed E-state index contributed by atoms with van der Waals surface area (Å²) in [6.45, 7) is 3.25. The van der Waals surface area contributed by atoms with Gasteiger partial charge in [-0.3, -0.25) is 4.55 Å². The van der Waals surface area contributed by atoms with Crippen molar-refractivity contribution >= 4 is 51.6 Å². The monoisotopic (exact) mass is 302 g/mol. The molecule has 2 N–H and O–H groups in total. The molecule has 0 heterocycles. The van der Waals surface area contributed by atoms with Gasteiger partial charge in [-0.25, -0.2) is 9.59 Å². The van der Waals surface area contributed by atoms with Crippen molar-refractivity contribution in [1.29, 1.82) is 0 Å². The van der Waals surface area contributed by atoms with Crippen molar-refractivity contribution in [3.63, 3.8) is 0 Å². The van der Waals surface area contributed by atoms with Crippen LogP contribution >= 0.6 is 0 Å². The van der Waals surface area contributed by atoms with E-state index < -0.39 is 27.8 Å². The van der Waals surface area contributed by atoms with Crippen LogP contribution < -0.4 is 0 Å². The molecule has 0 fully saturated rings. The topological polar surface area (TPSA) is 118 Å². The second-order valence-corrected chi connectivity index (χ2v) is 4.86. The molecule has 0 aliphatic rings. The first-order chi connectivity index (χ1) is 8.26. The molecule has 0 rings (SSSR count). The van der Waals surface area contributed by atoms with Gasteiger partial charge < -0.3 is 9.84 Å². The fourth-order valence-electron chi connectivity index (χ4n) is 1.05. The van der Waals surface area contributed by atoms with Crippen LogP contribution in [0.4, 0.5) is 0 Å². The predicted molar refractivity (Wildman–Crippen MR) is 69.7 cm³/mol. The minimum atomic E-state index is -4.13. The van der Waals surface area contributed by atoms with Gasteiger partial charge in [0.2, 0.25) is 0 Å². The summed E-state index contributed by atoms with van der Waals surface area (Å²) in [6.07, 6.45) is 1.76. The Balaban J connectivity index is 0. The van der Waals surface area contributed by atoms with Crippen LogP contribution in [0.15, 0.2) is 24.3 Å². The Morgan fingerprint density at radius 1 is 1.32 bits per heavy atom. The average molecular weight is 302 g/mol. The zero-order chi connectivity index (χ0) is 14.2. The molecule has 7 nitrogen and oxygen atoms in total. The summed E-state index contributed by atoms with van der Waals surface area (Å²) < 4.78 is 34.1. The zero-order valence-electron chi connectivity index (χ0n) is 9.53. The Hall–Kier alpha value is -0.670. The number of hydrogen-bond donors (Lipinski definition) is 2. The van der Waals surface area contributed by atoms with Gasteiger partial charge in [0, 0.05) is 11.6 Å². The van der Waals surface area contributed by atoms with Crippen molar-refractivity contribution in [2.45, 2.75) is 12.8 Å². The predicted octanol–water partition coefficient (Wildman–Crippen LogP) is -0.254. The number of hydrogen-bond acceptors (Lipinski definition) is 5. The SMILES string of the molecule is C=CCOC(=O)/C(=C\C(=O)O)CCCS(=O)(=O)O.[NaH]. The molecule has 0 aliphatic heterocycles. The van der Waals surface area contributed by atoms with E-state index >= 15 is 0 Å². The van der Waals surface area contributed by atoms with Crippen LogP contribution in [-0.4, -0.2) is 71.9 Å². The van der Waals surface area contributed by atoms with Crippen LogP contribution in [0.5, 0.6) is 0 Å². The van der Waals surface area contributed by atoms with E-state index in [0.717, 1.165) is 0 Å². The normalized spacial score (nSPS) is 11.3. The third-order valence-corrected chi connectivity index (χ3v) is 2.55. The molecular formula is C10H15NaO7S. The van der Waals surface area contributed by atoms with Crippen molar-refractivity contribution in [3.8, 4) is 0 Å². The first-order valence-electron chi connectivity index (χ1n) is 4.93. The third kappa shape index (κ3) is 12.1. The van der Waals surface area contributed by atoms with Crippen LogP contribution in [0.2, 0.25) is 0 Å². The van der Waals surface area contributed by atoms with Crippen LogP contribution in [-0.2, 0) is 24.4 Å². The molecule has 0 aromatic heterocycles. The number of rotatable bonds is 8. The second-order valence-electron chi connectivity index (χ2n) is 3.28. The molecule has 19 heavy (non-hydrogen) atoms. The summed E-state index contributed by atoms with van der Waals surface area (Å²) in [4.78, 5) is 21.9. The molecule has 0 aliphatic carbocycles. The zero-order valence-corrected chi connectivity index (χ0v) is 10.4. The van der Waals surface area contributed by atoms with Crippen LogP contribution in [0.25, 0.3) is 0 Å². The number of esters is 1. The maximum atomic E-state index is 11.4. The van der Waals surface area contributed by atoms with E-state index in [-0.39, 0.29) is 54.6 Å². The van der Waals surface area contributed by atoms with E-state index in [0.29, 0.717) is 6.08 Å². The molecule has 0 aromatic rings. The van der Waals surface area contributed by atoms with E-state index in [1.54, 1.807) is 0 Å². The number of carbonyl (C=O) groups is 2. The Labute approximate surface area is 133 Å². The Morgan fingerprint density at radius 3 is 2.32 bits per heavy atom. The summed E-state index contributed by atoms with van der Waals surface area (Å²) in [6, 6.07) is 0. The molecule has 0 saturated heterocycles. The Bertz CT molecular complexity index is 452. The summed E-state index contributed by atoms with van der Waals surface area (Å²) in [5, 5.41) is 8.55. The molecule has 0 unspecified atom stereocenters. The molecule has 0 radical (unpaired) electrons. The molecule has 0 saturated carbocycles. The van der Waals surface area contributed by atoms with Gasteiger partial charge in [-0.15, -0.1) is 0 Å². The summed E-state index contributed by atoms with van der Waals surface area (Å²) >= 11 is 0. The van der Waals surface area contributed by atoms with Gasteiger partial charge in [0.25, 0.3) is 10.1 Å². The minimum absolute atomic E-state index is 0. The number of carbonyl (C=O) groups excluding carboxylic acids is 1. The van der Waals surface area contributed by atoms with E-state index in [2.05, 4.69) is 11.3 Å². The molecule has 9 heteroatoms. The van der Waals surface area contributed by atoms with Crippen molar-refractivity contribution in [1.82, 2.24) is 0 Å². The molecule has 104 valence electrons. The second kappa shape index (κ2) is 10.2. The van der Waals surface area contributed by atoms with Crippen molar-refractivity contribution in [2.24, 2.45) is 0 Å². The fourth-order valence-corrected chi connectivity index (χ4v) is 1.56. The summed E-state index contributed by atoms with van der Waals surface area (Å²) in [7, 11) is -4.13. The molecule has 0 bridgehead atoms. The summed E-state index contributed by atoms with van der Waals surface area (Å²) in [5.74, 6) is -2.75. The van der Waals surface area contributed by atoms with Gasteiger partial charge in [-0.2, -0.15) is 8.42 Å². The van der Waals surface area contributed by atoms with Crippen molar-refractivity contribution < 1.29 is 32.4 Å². The van der Waals surface area contributed by atoms with Gasteiger partial charge in [-0.1, -0.05) is 12.7 Å². The average Bonchev–Trinajstić information content (AvgIpc) is 2.22. The van der Waals surface area contributed by atoms with Crippen molar-refractivity contribution in [2.75, 3.05) is 12.4 Å². The van der Waals surface area contributed by atoms with Crippen molar-refractivity contribution in [3.05, 3.63) is 24.3 Å². The van der Waals surface area contributed by atoms with Gasteiger partial charge in [0.15, 0.2) is 0 Å². The quantitative estimate of drug-likeness (QED) is 0.208. The van der Waals surface area contributed by atoms with E-state index in [4.69, 9.17) is 9.66 Å². The van der Waals surface area contributed by atoms with Crippen LogP contribution in [0, 0.1) is 0 Å². The standard InChI is InChI=1S/C10H14O7S.Na.H/c1-2-5-17-10(13)8(7-9(11)12)4-3-6-18(14,15)16;;/h2,7H,1,3-6H2,(H,11,12)(H,14,15,16);;/b8-7-;;. The third-order valence-electron chi connectivity index (χ3n) is 1.74. The van der Waals surface area contributed by atoms with Gasteiger partial charge in [0.05, 0.1) is 5.75 Å².